The molecular formula is C53H60Cl2N4PRu+. The van der Waals surface area contributed by atoms with Gasteiger partial charge in [0.25, 0.3) is 0 Å². The Labute approximate surface area is 379 Å². The SMILES string of the molecule is C1CCC([PH+](C2CCCCC2)C2CCCCC2)CC1.[Cl][Ru]([Cl])=[C]=C=C(c1ccccc1)c1ccccc1.c1cc(-c2ccncc2)ccn1.c1cc(-c2ccncc2)ccn1. The minimum absolute atomic E-state index is 0.0465. The van der Waals surface area contributed by atoms with Gasteiger partial charge in [0, 0.05) is 57.5 Å². The van der Waals surface area contributed by atoms with Crippen molar-refractivity contribution < 1.29 is 13.5 Å². The molecule has 3 fully saturated rings. The average Bonchev–Trinajstić information content (AvgIpc) is 3.35. The quantitative estimate of drug-likeness (QED) is 0.0909. The van der Waals surface area contributed by atoms with Gasteiger partial charge in [0.2, 0.25) is 0 Å². The Hall–Kier alpha value is -3.90. The van der Waals surface area contributed by atoms with Gasteiger partial charge in [-0.05, 0) is 148 Å². The van der Waals surface area contributed by atoms with Crippen molar-refractivity contribution in [2.45, 2.75) is 113 Å². The summed E-state index contributed by atoms with van der Waals surface area (Å²) >= 11 is -1.95. The van der Waals surface area contributed by atoms with Crippen LogP contribution < -0.4 is 0 Å². The Morgan fingerprint density at radius 3 is 0.951 bits per heavy atom. The topological polar surface area (TPSA) is 51.6 Å². The van der Waals surface area contributed by atoms with Crippen molar-refractivity contribution >= 4 is 37.1 Å². The fraction of sp³-hybridized carbons (Fsp3) is 0.340. The van der Waals surface area contributed by atoms with Gasteiger partial charge in [-0.25, -0.2) is 0 Å². The molecule has 0 N–H and O–H groups in total. The molecule has 6 aromatic rings. The van der Waals surface area contributed by atoms with Gasteiger partial charge >= 0.3 is 120 Å². The van der Waals surface area contributed by atoms with Crippen LogP contribution in [0.1, 0.15) is 107 Å². The summed E-state index contributed by atoms with van der Waals surface area (Å²) < 4.78 is 2.93. The molecule has 0 radical (unpaired) electrons. The predicted molar refractivity (Wildman–Crippen MR) is 259 cm³/mol. The largest absolute Gasteiger partial charge is 0.265 e. The van der Waals surface area contributed by atoms with E-state index in [1.54, 1.807) is 146 Å². The van der Waals surface area contributed by atoms with Crippen LogP contribution in [0.2, 0.25) is 0 Å². The molecule has 9 rings (SSSR count). The first kappa shape index (κ1) is 46.6. The number of halogens is 2. The maximum absolute atomic E-state index is 5.82. The van der Waals surface area contributed by atoms with Crippen LogP contribution in [-0.4, -0.2) is 41.2 Å². The number of hydrogen-bond acceptors (Lipinski definition) is 4. The average molecular weight is 956 g/mol. The maximum atomic E-state index is 5.82. The Morgan fingerprint density at radius 2 is 0.689 bits per heavy atom. The van der Waals surface area contributed by atoms with Gasteiger partial charge < -0.3 is 0 Å². The standard InChI is InChI=1S/C18H33P.C15H10.2C10H8N2.2ClH.Ru/c1-4-10-16(11-5-1)19(17-12-6-2-7-13-17)18-14-8-3-9-15-18;1-2-15(13-9-5-3-6-10-13)14-11-7-4-8-12-14;2*1-5-11-6-2-9(1)10-3-7-12-8-4-10;;;/h16-18H,1-15H2;3-12H;2*1-8H;2*1H;/q;;;;;;+2/p-1. The molecule has 2 aromatic carbocycles. The van der Waals surface area contributed by atoms with E-state index in [4.69, 9.17) is 19.4 Å². The summed E-state index contributed by atoms with van der Waals surface area (Å²) in [6.07, 6.45) is 38.1. The van der Waals surface area contributed by atoms with E-state index in [2.05, 4.69) is 29.9 Å². The van der Waals surface area contributed by atoms with E-state index in [0.717, 1.165) is 16.7 Å². The molecule has 0 saturated heterocycles. The fourth-order valence-corrected chi connectivity index (χ4v) is 15.1. The molecule has 318 valence electrons. The first-order valence-corrected chi connectivity index (χ1v) is 29.2. The molecule has 4 heterocycles. The molecule has 0 atom stereocenters. The molecule has 8 heteroatoms. The van der Waals surface area contributed by atoms with E-state index in [1.165, 1.54) is 39.2 Å². The third kappa shape index (κ3) is 16.1. The first-order chi connectivity index (χ1) is 30.2. The molecule has 0 amide bonds. The second-order valence-corrected chi connectivity index (χ2v) is 24.7. The van der Waals surface area contributed by atoms with Crippen molar-refractivity contribution in [3.63, 3.8) is 0 Å². The van der Waals surface area contributed by atoms with E-state index < -0.39 is 13.5 Å². The van der Waals surface area contributed by atoms with Crippen molar-refractivity contribution in [1.82, 2.24) is 19.9 Å². The van der Waals surface area contributed by atoms with Crippen molar-refractivity contribution in [1.29, 1.82) is 0 Å². The third-order valence-electron chi connectivity index (χ3n) is 12.0. The normalized spacial score (nSPS) is 15.8. The van der Waals surface area contributed by atoms with Crippen molar-refractivity contribution in [3.05, 3.63) is 176 Å². The summed E-state index contributed by atoms with van der Waals surface area (Å²) in [5.41, 5.74) is 14.6. The zero-order chi connectivity index (χ0) is 42.2. The minimum Gasteiger partial charge on any atom is -0.265 e. The van der Waals surface area contributed by atoms with E-state index >= 15 is 0 Å². The second-order valence-electron chi connectivity index (χ2n) is 16.0. The van der Waals surface area contributed by atoms with E-state index in [-0.39, 0.29) is 7.92 Å². The zero-order valence-corrected chi connectivity index (χ0v) is 39.5. The maximum Gasteiger partial charge on any atom is 0.0273 e. The van der Waals surface area contributed by atoms with Crippen molar-refractivity contribution in [2.24, 2.45) is 0 Å². The molecular weight excluding hydrogens is 896 g/mol. The van der Waals surface area contributed by atoms with Crippen LogP contribution in [0.15, 0.2) is 165 Å². The molecule has 0 bridgehead atoms. The first-order valence-electron chi connectivity index (χ1n) is 22.1. The van der Waals surface area contributed by atoms with E-state index in [0.29, 0.717) is 0 Å². The number of nitrogens with zero attached hydrogens (tertiary/aromatic N) is 4. The number of aromatic nitrogens is 4. The number of rotatable bonds is 7. The van der Waals surface area contributed by atoms with E-state index in [9.17, 15) is 0 Å². The molecule has 61 heavy (non-hydrogen) atoms. The summed E-state index contributed by atoms with van der Waals surface area (Å²) in [5.74, 6) is 0. The van der Waals surface area contributed by atoms with E-state index in [1.807, 2.05) is 109 Å². The molecule has 4 nitrogen and oxygen atoms in total. The van der Waals surface area contributed by atoms with Gasteiger partial charge in [-0.2, -0.15) is 0 Å². The second kappa shape index (κ2) is 27.2. The number of benzene rings is 2. The summed E-state index contributed by atoms with van der Waals surface area (Å²) in [6, 6.07) is 36.0. The molecule has 0 aliphatic heterocycles. The van der Waals surface area contributed by atoms with Gasteiger partial charge in [0.05, 0.1) is 17.0 Å². The zero-order valence-electron chi connectivity index (χ0n) is 35.2. The van der Waals surface area contributed by atoms with Crippen LogP contribution in [0.3, 0.4) is 0 Å². The van der Waals surface area contributed by atoms with Crippen LogP contribution in [0.25, 0.3) is 27.8 Å². The van der Waals surface area contributed by atoms with Crippen molar-refractivity contribution in [3.8, 4) is 22.3 Å². The van der Waals surface area contributed by atoms with Gasteiger partial charge in [0.1, 0.15) is 0 Å². The summed E-state index contributed by atoms with van der Waals surface area (Å²) in [5, 5.41) is 0. The van der Waals surface area contributed by atoms with Gasteiger partial charge in [0.15, 0.2) is 0 Å². The Bertz CT molecular complexity index is 1950. The van der Waals surface area contributed by atoms with Gasteiger partial charge in [-0.1, -0.05) is 19.3 Å². The van der Waals surface area contributed by atoms with Crippen LogP contribution >= 0.6 is 27.3 Å². The van der Waals surface area contributed by atoms with Crippen LogP contribution in [0.5, 0.6) is 0 Å². The predicted octanol–water partition coefficient (Wildman–Crippen LogP) is 15.1. The van der Waals surface area contributed by atoms with Crippen molar-refractivity contribution in [2.75, 3.05) is 0 Å². The Balaban J connectivity index is 0.000000139. The number of pyridine rings is 4. The molecule has 3 aliphatic rings. The third-order valence-corrected chi connectivity index (χ3v) is 17.9. The molecule has 3 saturated carbocycles. The molecule has 4 aromatic heterocycles. The fourth-order valence-electron chi connectivity index (χ4n) is 9.08. The number of hydrogen-bond donors (Lipinski definition) is 0. The minimum atomic E-state index is -1.95. The van der Waals surface area contributed by atoms with Crippen LogP contribution in [-0.2, 0) is 13.5 Å². The van der Waals surface area contributed by atoms with Gasteiger partial charge in [-0.3, -0.25) is 19.9 Å². The molecule has 0 spiro atoms. The van der Waals surface area contributed by atoms with Crippen LogP contribution in [0, 0.1) is 0 Å². The summed E-state index contributed by atoms with van der Waals surface area (Å²) in [7, 11) is 11.6. The summed E-state index contributed by atoms with van der Waals surface area (Å²) in [6.45, 7) is 0. The monoisotopic (exact) mass is 955 g/mol. The molecule has 0 unspecified atom stereocenters. The summed E-state index contributed by atoms with van der Waals surface area (Å²) in [4.78, 5) is 15.8. The molecule has 3 aliphatic carbocycles. The Kier molecular flexibility index (Phi) is 20.8. The smallest absolute Gasteiger partial charge is 0.0273 e. The van der Waals surface area contributed by atoms with Crippen LogP contribution in [0.4, 0.5) is 0 Å². The van der Waals surface area contributed by atoms with Gasteiger partial charge in [-0.15, -0.1) is 0 Å². The Morgan fingerprint density at radius 1 is 0.410 bits per heavy atom.